The van der Waals surface area contributed by atoms with Gasteiger partial charge in [0, 0.05) is 11.1 Å². The Hall–Kier alpha value is -3.06. The van der Waals surface area contributed by atoms with E-state index in [9.17, 15) is 4.79 Å². The Balaban J connectivity index is 2.24. The SMILES string of the molecule is COc1cccc(/C=C/C(=O)c2ccc(C#N)cc2)c1OC. The molecule has 0 saturated carbocycles. The molecule has 0 heterocycles. The molecule has 110 valence electrons. The van der Waals surface area contributed by atoms with Gasteiger partial charge in [-0.25, -0.2) is 0 Å². The van der Waals surface area contributed by atoms with Gasteiger partial charge in [-0.3, -0.25) is 4.79 Å². The second-order valence-corrected chi connectivity index (χ2v) is 4.47. The van der Waals surface area contributed by atoms with E-state index in [0.29, 0.717) is 22.6 Å². The predicted molar refractivity (Wildman–Crippen MR) is 84.1 cm³/mol. The minimum atomic E-state index is -0.144. The topological polar surface area (TPSA) is 59.3 Å². The number of ketones is 1. The highest BCUT2D eigenvalue weighted by atomic mass is 16.5. The van der Waals surface area contributed by atoms with Crippen LogP contribution in [0.5, 0.6) is 11.5 Å². The van der Waals surface area contributed by atoms with Crippen LogP contribution in [0.4, 0.5) is 0 Å². The molecule has 2 aromatic carbocycles. The van der Waals surface area contributed by atoms with Crippen LogP contribution >= 0.6 is 0 Å². The third kappa shape index (κ3) is 3.33. The lowest BCUT2D eigenvalue weighted by atomic mass is 10.1. The standard InChI is InChI=1S/C18H15NO3/c1-21-17-5-3-4-15(18(17)22-2)10-11-16(20)14-8-6-13(12-19)7-9-14/h3-11H,1-2H3/b11-10+. The molecule has 4 nitrogen and oxygen atoms in total. The highest BCUT2D eigenvalue weighted by Crippen LogP contribution is 2.31. The third-order valence-electron chi connectivity index (χ3n) is 3.15. The molecule has 0 amide bonds. The van der Waals surface area contributed by atoms with E-state index in [1.54, 1.807) is 50.6 Å². The average molecular weight is 293 g/mol. The molecule has 0 atom stereocenters. The summed E-state index contributed by atoms with van der Waals surface area (Å²) in [5, 5.41) is 8.75. The molecule has 0 bridgehead atoms. The Morgan fingerprint density at radius 2 is 1.82 bits per heavy atom. The first kappa shape index (κ1) is 15.3. The van der Waals surface area contributed by atoms with Crippen LogP contribution in [0.25, 0.3) is 6.08 Å². The van der Waals surface area contributed by atoms with Crippen LogP contribution in [-0.2, 0) is 0 Å². The van der Waals surface area contributed by atoms with Gasteiger partial charge in [-0.15, -0.1) is 0 Å². The van der Waals surface area contributed by atoms with E-state index in [1.165, 1.54) is 6.08 Å². The van der Waals surface area contributed by atoms with Gasteiger partial charge in [-0.05, 0) is 42.5 Å². The summed E-state index contributed by atoms with van der Waals surface area (Å²) in [7, 11) is 3.12. The molecule has 2 rings (SSSR count). The van der Waals surface area contributed by atoms with Crippen LogP contribution < -0.4 is 9.47 Å². The van der Waals surface area contributed by atoms with Gasteiger partial charge in [0.1, 0.15) is 0 Å². The van der Waals surface area contributed by atoms with Crippen molar-refractivity contribution in [2.75, 3.05) is 14.2 Å². The van der Waals surface area contributed by atoms with Crippen molar-refractivity contribution >= 4 is 11.9 Å². The maximum atomic E-state index is 12.1. The highest BCUT2D eigenvalue weighted by Gasteiger charge is 2.08. The number of nitrogens with zero attached hydrogens (tertiary/aromatic N) is 1. The van der Waals surface area contributed by atoms with Gasteiger partial charge >= 0.3 is 0 Å². The number of ether oxygens (including phenoxy) is 2. The molecule has 0 aliphatic rings. The summed E-state index contributed by atoms with van der Waals surface area (Å²) >= 11 is 0. The van der Waals surface area contributed by atoms with Crippen molar-refractivity contribution < 1.29 is 14.3 Å². The van der Waals surface area contributed by atoms with Gasteiger partial charge in [0.2, 0.25) is 0 Å². The van der Waals surface area contributed by atoms with Crippen LogP contribution in [0.15, 0.2) is 48.5 Å². The normalized spacial score (nSPS) is 10.2. The summed E-state index contributed by atoms with van der Waals surface area (Å²) in [6.07, 6.45) is 3.15. The first-order valence-electron chi connectivity index (χ1n) is 6.63. The Bertz CT molecular complexity index is 740. The second kappa shape index (κ2) is 7.09. The minimum Gasteiger partial charge on any atom is -0.493 e. The molecular formula is C18H15NO3. The van der Waals surface area contributed by atoms with Crippen LogP contribution in [0, 0.1) is 11.3 Å². The summed E-state index contributed by atoms with van der Waals surface area (Å²) in [4.78, 5) is 12.1. The van der Waals surface area contributed by atoms with Gasteiger partial charge in [0.15, 0.2) is 17.3 Å². The molecule has 0 saturated heterocycles. The van der Waals surface area contributed by atoms with E-state index in [2.05, 4.69) is 0 Å². The summed E-state index contributed by atoms with van der Waals surface area (Å²) < 4.78 is 10.5. The zero-order valence-electron chi connectivity index (χ0n) is 12.4. The lowest BCUT2D eigenvalue weighted by Gasteiger charge is -2.09. The number of nitriles is 1. The molecule has 0 aliphatic carbocycles. The van der Waals surface area contributed by atoms with Gasteiger partial charge in [-0.2, -0.15) is 5.26 Å². The van der Waals surface area contributed by atoms with E-state index in [-0.39, 0.29) is 5.78 Å². The van der Waals surface area contributed by atoms with Crippen molar-refractivity contribution in [3.8, 4) is 17.6 Å². The number of methoxy groups -OCH3 is 2. The Labute approximate surface area is 129 Å². The first-order valence-corrected chi connectivity index (χ1v) is 6.63. The fourth-order valence-corrected chi connectivity index (χ4v) is 2.01. The van der Waals surface area contributed by atoms with Crippen LogP contribution in [0.1, 0.15) is 21.5 Å². The van der Waals surface area contributed by atoms with Gasteiger partial charge in [0.05, 0.1) is 25.9 Å². The van der Waals surface area contributed by atoms with Crippen molar-refractivity contribution in [1.29, 1.82) is 5.26 Å². The smallest absolute Gasteiger partial charge is 0.185 e. The number of carbonyl (C=O) groups is 1. The molecule has 0 aromatic heterocycles. The van der Waals surface area contributed by atoms with E-state index >= 15 is 0 Å². The molecule has 0 radical (unpaired) electrons. The average Bonchev–Trinajstić information content (AvgIpc) is 2.59. The number of benzene rings is 2. The maximum absolute atomic E-state index is 12.1. The van der Waals surface area contributed by atoms with Crippen molar-refractivity contribution in [3.05, 3.63) is 65.2 Å². The van der Waals surface area contributed by atoms with Gasteiger partial charge in [-0.1, -0.05) is 12.1 Å². The third-order valence-corrected chi connectivity index (χ3v) is 3.15. The number of rotatable bonds is 5. The summed E-state index contributed by atoms with van der Waals surface area (Å²) in [6.45, 7) is 0. The summed E-state index contributed by atoms with van der Waals surface area (Å²) in [5.74, 6) is 1.04. The van der Waals surface area contributed by atoms with E-state index in [0.717, 1.165) is 5.56 Å². The Kier molecular flexibility index (Phi) is 4.94. The Morgan fingerprint density at radius 3 is 2.41 bits per heavy atom. The zero-order valence-corrected chi connectivity index (χ0v) is 12.4. The van der Waals surface area contributed by atoms with E-state index in [4.69, 9.17) is 14.7 Å². The van der Waals surface area contributed by atoms with Crippen molar-refractivity contribution in [2.45, 2.75) is 0 Å². The molecule has 0 spiro atoms. The first-order chi connectivity index (χ1) is 10.7. The maximum Gasteiger partial charge on any atom is 0.185 e. The van der Waals surface area contributed by atoms with E-state index in [1.807, 2.05) is 18.2 Å². The molecule has 2 aromatic rings. The van der Waals surface area contributed by atoms with Crippen molar-refractivity contribution in [3.63, 3.8) is 0 Å². The molecule has 0 fully saturated rings. The highest BCUT2D eigenvalue weighted by molar-refractivity contribution is 6.07. The number of para-hydroxylation sites is 1. The fraction of sp³-hybridized carbons (Fsp3) is 0.111. The summed E-state index contributed by atoms with van der Waals surface area (Å²) in [6, 6.07) is 14.0. The van der Waals surface area contributed by atoms with Crippen LogP contribution in [0.3, 0.4) is 0 Å². The fourth-order valence-electron chi connectivity index (χ4n) is 2.01. The lowest BCUT2D eigenvalue weighted by molar-refractivity contribution is 0.104. The lowest BCUT2D eigenvalue weighted by Crippen LogP contribution is -1.95. The summed E-state index contributed by atoms with van der Waals surface area (Å²) in [5.41, 5.74) is 1.80. The van der Waals surface area contributed by atoms with Crippen LogP contribution in [-0.4, -0.2) is 20.0 Å². The van der Waals surface area contributed by atoms with Gasteiger partial charge in [0.25, 0.3) is 0 Å². The molecule has 0 aliphatic heterocycles. The molecule has 22 heavy (non-hydrogen) atoms. The number of hydrogen-bond acceptors (Lipinski definition) is 4. The van der Waals surface area contributed by atoms with Crippen molar-refractivity contribution in [2.24, 2.45) is 0 Å². The monoisotopic (exact) mass is 293 g/mol. The molecular weight excluding hydrogens is 278 g/mol. The Morgan fingerprint density at radius 1 is 1.09 bits per heavy atom. The van der Waals surface area contributed by atoms with E-state index < -0.39 is 0 Å². The minimum absolute atomic E-state index is 0.144. The predicted octanol–water partition coefficient (Wildman–Crippen LogP) is 3.47. The second-order valence-electron chi connectivity index (χ2n) is 4.47. The number of carbonyl (C=O) groups excluding carboxylic acids is 1. The zero-order chi connectivity index (χ0) is 15.9. The molecule has 4 heteroatoms. The molecule has 0 unspecified atom stereocenters. The quantitative estimate of drug-likeness (QED) is 0.625. The largest absolute Gasteiger partial charge is 0.493 e. The van der Waals surface area contributed by atoms with Crippen LogP contribution in [0.2, 0.25) is 0 Å². The number of allylic oxidation sites excluding steroid dienone is 1. The van der Waals surface area contributed by atoms with Crippen molar-refractivity contribution in [1.82, 2.24) is 0 Å². The molecule has 0 N–H and O–H groups in total. The number of hydrogen-bond donors (Lipinski definition) is 0. The van der Waals surface area contributed by atoms with Gasteiger partial charge < -0.3 is 9.47 Å².